The minimum Gasteiger partial charge on any atom is -0.328 e. The summed E-state index contributed by atoms with van der Waals surface area (Å²) in [5.41, 5.74) is 0. The molecular weight excluding hydrogens is 164 g/mol. The Hall–Kier alpha value is -0.570. The van der Waals surface area contributed by atoms with Crippen LogP contribution in [0, 0.1) is 0 Å². The lowest BCUT2D eigenvalue weighted by atomic mass is 10.2. The molecule has 2 unspecified atom stereocenters. The normalized spacial score (nSPS) is 38.0. The summed E-state index contributed by atoms with van der Waals surface area (Å²) in [6.45, 7) is 9.85. The quantitative estimate of drug-likeness (QED) is 0.541. The molecule has 2 rings (SSSR count). The predicted octanol–water partition coefficient (Wildman–Crippen LogP) is 0.457. The fourth-order valence-corrected chi connectivity index (χ4v) is 2.87. The van der Waals surface area contributed by atoms with Crippen molar-refractivity contribution in [2.45, 2.75) is 26.3 Å². The molecule has 13 heavy (non-hydrogen) atoms. The molecule has 2 aliphatic heterocycles. The van der Waals surface area contributed by atoms with E-state index in [1.54, 1.807) is 6.92 Å². The minimum absolute atomic E-state index is 0.265. The molecule has 0 aromatic rings. The number of fused-ring (bicyclic) bond motifs is 2. The van der Waals surface area contributed by atoms with Crippen molar-refractivity contribution < 1.29 is 9.28 Å². The van der Waals surface area contributed by atoms with Gasteiger partial charge in [0, 0.05) is 13.3 Å². The number of quaternary nitrogens is 1. The molecule has 2 bridgehead atoms. The molecule has 3 heteroatoms. The first-order chi connectivity index (χ1) is 6.17. The van der Waals surface area contributed by atoms with Crippen LogP contribution in [0.5, 0.6) is 0 Å². The Morgan fingerprint density at radius 1 is 1.54 bits per heavy atom. The van der Waals surface area contributed by atoms with Crippen molar-refractivity contribution >= 4 is 5.91 Å². The largest absolute Gasteiger partial charge is 0.328 e. The first-order valence-electron chi connectivity index (χ1n) is 5.29. The number of hydrogen-bond acceptors (Lipinski definition) is 1. The number of carbonyl (C=O) groups excluding carboxylic acids is 1. The number of likely N-dealkylation sites (N-methyl/N-ethyl adjacent to an activating group) is 1. The van der Waals surface area contributed by atoms with E-state index in [0.29, 0.717) is 6.04 Å². The smallest absolute Gasteiger partial charge is 0.220 e. The summed E-state index contributed by atoms with van der Waals surface area (Å²) in [5, 5.41) is 0. The first-order valence-corrected chi connectivity index (χ1v) is 5.29. The van der Waals surface area contributed by atoms with E-state index in [-0.39, 0.29) is 5.91 Å². The van der Waals surface area contributed by atoms with Gasteiger partial charge in [0.2, 0.25) is 5.91 Å². The van der Waals surface area contributed by atoms with Crippen LogP contribution in [0.2, 0.25) is 0 Å². The van der Waals surface area contributed by atoms with Crippen molar-refractivity contribution in [3.63, 3.8) is 0 Å². The van der Waals surface area contributed by atoms with Crippen LogP contribution in [0.15, 0.2) is 0 Å². The highest BCUT2D eigenvalue weighted by molar-refractivity contribution is 5.73. The van der Waals surface area contributed by atoms with Gasteiger partial charge in [-0.05, 0) is 6.92 Å². The van der Waals surface area contributed by atoms with E-state index in [1.807, 2.05) is 0 Å². The second-order valence-corrected chi connectivity index (χ2v) is 4.44. The SMILES string of the molecule is CC[N+]12CCC(C1)N(C(C)=O)CC2. The Bertz CT molecular complexity index is 229. The van der Waals surface area contributed by atoms with Gasteiger partial charge in [0.05, 0.1) is 38.8 Å². The van der Waals surface area contributed by atoms with Crippen molar-refractivity contribution in [1.29, 1.82) is 0 Å². The molecule has 74 valence electrons. The maximum atomic E-state index is 11.3. The average Bonchev–Trinajstić information content (AvgIpc) is 2.45. The van der Waals surface area contributed by atoms with Crippen LogP contribution in [0.4, 0.5) is 0 Å². The molecule has 0 aromatic heterocycles. The minimum atomic E-state index is 0.265. The highest BCUT2D eigenvalue weighted by Crippen LogP contribution is 2.27. The van der Waals surface area contributed by atoms with Crippen molar-refractivity contribution in [2.24, 2.45) is 0 Å². The summed E-state index contributed by atoms with van der Waals surface area (Å²) in [7, 11) is 0. The fourth-order valence-electron chi connectivity index (χ4n) is 2.87. The van der Waals surface area contributed by atoms with Crippen molar-refractivity contribution in [3.05, 3.63) is 0 Å². The van der Waals surface area contributed by atoms with Crippen LogP contribution in [0.25, 0.3) is 0 Å². The summed E-state index contributed by atoms with van der Waals surface area (Å²) < 4.78 is 1.26. The van der Waals surface area contributed by atoms with Crippen LogP contribution in [-0.2, 0) is 4.79 Å². The van der Waals surface area contributed by atoms with Gasteiger partial charge in [0.1, 0.15) is 0 Å². The van der Waals surface area contributed by atoms with Crippen LogP contribution in [0.3, 0.4) is 0 Å². The van der Waals surface area contributed by atoms with E-state index in [1.165, 1.54) is 37.1 Å². The zero-order valence-corrected chi connectivity index (χ0v) is 8.62. The van der Waals surface area contributed by atoms with Gasteiger partial charge in [-0.25, -0.2) is 0 Å². The molecule has 0 radical (unpaired) electrons. The van der Waals surface area contributed by atoms with Gasteiger partial charge in [-0.15, -0.1) is 0 Å². The maximum absolute atomic E-state index is 11.3. The van der Waals surface area contributed by atoms with Crippen LogP contribution >= 0.6 is 0 Å². The van der Waals surface area contributed by atoms with Gasteiger partial charge in [0.25, 0.3) is 0 Å². The second kappa shape index (κ2) is 2.98. The van der Waals surface area contributed by atoms with E-state index in [2.05, 4.69) is 11.8 Å². The average molecular weight is 183 g/mol. The van der Waals surface area contributed by atoms with Crippen molar-refractivity contribution in [2.75, 3.05) is 32.7 Å². The molecule has 2 fully saturated rings. The van der Waals surface area contributed by atoms with Crippen LogP contribution in [-0.4, -0.2) is 54.1 Å². The summed E-state index contributed by atoms with van der Waals surface area (Å²) in [6.07, 6.45) is 1.22. The van der Waals surface area contributed by atoms with Gasteiger partial charge in [-0.2, -0.15) is 0 Å². The number of hydrogen-bond donors (Lipinski definition) is 0. The summed E-state index contributed by atoms with van der Waals surface area (Å²) in [4.78, 5) is 13.4. The fraction of sp³-hybridized carbons (Fsp3) is 0.900. The number of nitrogens with zero attached hydrogens (tertiary/aromatic N) is 2. The van der Waals surface area contributed by atoms with Gasteiger partial charge < -0.3 is 9.38 Å². The van der Waals surface area contributed by atoms with Gasteiger partial charge >= 0.3 is 0 Å². The van der Waals surface area contributed by atoms with E-state index < -0.39 is 0 Å². The zero-order chi connectivity index (χ0) is 9.47. The number of piperazine rings is 1. The number of carbonyl (C=O) groups is 1. The van der Waals surface area contributed by atoms with Crippen LogP contribution in [0.1, 0.15) is 20.3 Å². The third-order valence-electron chi connectivity index (χ3n) is 3.87. The third kappa shape index (κ3) is 1.35. The number of amides is 1. The van der Waals surface area contributed by atoms with Gasteiger partial charge in [-0.3, -0.25) is 4.79 Å². The summed E-state index contributed by atoms with van der Waals surface area (Å²) >= 11 is 0. The third-order valence-corrected chi connectivity index (χ3v) is 3.87. The monoisotopic (exact) mass is 183 g/mol. The highest BCUT2D eigenvalue weighted by Gasteiger charge is 2.44. The highest BCUT2D eigenvalue weighted by atomic mass is 16.2. The predicted molar refractivity (Wildman–Crippen MR) is 51.2 cm³/mol. The summed E-state index contributed by atoms with van der Waals surface area (Å²) in [5.74, 6) is 0.265. The molecule has 2 heterocycles. The molecule has 0 aromatic carbocycles. The summed E-state index contributed by atoms with van der Waals surface area (Å²) in [6, 6.07) is 0.547. The number of rotatable bonds is 1. The molecule has 2 aliphatic rings. The van der Waals surface area contributed by atoms with E-state index >= 15 is 0 Å². The molecule has 2 atom stereocenters. The van der Waals surface area contributed by atoms with Gasteiger partial charge in [0.15, 0.2) is 0 Å². The van der Waals surface area contributed by atoms with E-state index in [4.69, 9.17) is 0 Å². The lowest BCUT2D eigenvalue weighted by molar-refractivity contribution is -0.918. The lowest BCUT2D eigenvalue weighted by Gasteiger charge is -2.40. The molecular formula is C10H19N2O+. The van der Waals surface area contributed by atoms with E-state index in [9.17, 15) is 4.79 Å². The zero-order valence-electron chi connectivity index (χ0n) is 8.62. The van der Waals surface area contributed by atoms with Crippen molar-refractivity contribution in [3.8, 4) is 0 Å². The molecule has 3 nitrogen and oxygen atoms in total. The Labute approximate surface area is 79.9 Å². The Morgan fingerprint density at radius 3 is 2.92 bits per heavy atom. The first kappa shape index (κ1) is 9.00. The lowest BCUT2D eigenvalue weighted by Crippen LogP contribution is -2.58. The molecule has 1 amide bonds. The molecule has 0 spiro atoms. The second-order valence-electron chi connectivity index (χ2n) is 4.44. The van der Waals surface area contributed by atoms with E-state index in [0.717, 1.165) is 6.54 Å². The topological polar surface area (TPSA) is 20.3 Å². The molecule has 0 aliphatic carbocycles. The molecule has 2 saturated heterocycles. The van der Waals surface area contributed by atoms with Crippen molar-refractivity contribution in [1.82, 2.24) is 4.90 Å². The standard InChI is InChI=1S/C10H19N2O/c1-3-12-6-4-10(8-12)11(5-7-12)9(2)13/h10H,3-8H2,1-2H3/q+1. The molecule has 0 N–H and O–H groups in total. The Kier molecular flexibility index (Phi) is 2.06. The Morgan fingerprint density at radius 2 is 2.31 bits per heavy atom. The Balaban J connectivity index is 2.10. The van der Waals surface area contributed by atoms with Crippen LogP contribution < -0.4 is 0 Å². The van der Waals surface area contributed by atoms with Gasteiger partial charge in [-0.1, -0.05) is 0 Å². The maximum Gasteiger partial charge on any atom is 0.220 e. The molecule has 0 saturated carbocycles.